The van der Waals surface area contributed by atoms with Crippen molar-refractivity contribution in [1.29, 1.82) is 5.26 Å². The molecule has 0 radical (unpaired) electrons. The first-order valence-corrected chi connectivity index (χ1v) is 11.3. The largest absolute Gasteiger partial charge is 0.493 e. The maximum atomic E-state index is 13.1. The Morgan fingerprint density at radius 1 is 1.00 bits per heavy atom. The van der Waals surface area contributed by atoms with Gasteiger partial charge in [0.05, 0.1) is 7.11 Å². The maximum absolute atomic E-state index is 13.1. The fourth-order valence-electron chi connectivity index (χ4n) is 3.92. The molecule has 6 nitrogen and oxygen atoms in total. The fraction of sp³-hybridized carbons (Fsp3) is 0.214. The van der Waals surface area contributed by atoms with Gasteiger partial charge in [0.15, 0.2) is 11.5 Å². The number of carbonyl (C=O) groups is 1. The van der Waals surface area contributed by atoms with E-state index in [9.17, 15) is 14.4 Å². The van der Waals surface area contributed by atoms with Crippen molar-refractivity contribution in [3.05, 3.63) is 95.3 Å². The molecule has 1 aliphatic rings. The predicted octanol–water partition coefficient (Wildman–Crippen LogP) is 4.67. The van der Waals surface area contributed by atoms with E-state index in [1.165, 1.54) is 19.2 Å². The molecule has 4 rings (SSSR count). The number of hydrogen-bond donors (Lipinski definition) is 0. The summed E-state index contributed by atoms with van der Waals surface area (Å²) in [5, 5.41) is 9.67. The Labute approximate surface area is 204 Å². The van der Waals surface area contributed by atoms with Crippen molar-refractivity contribution < 1.29 is 18.7 Å². The van der Waals surface area contributed by atoms with Gasteiger partial charge in [-0.3, -0.25) is 4.79 Å². The molecule has 7 heteroatoms. The topological polar surface area (TPSA) is 65.8 Å². The summed E-state index contributed by atoms with van der Waals surface area (Å²) in [5.41, 5.74) is 2.68. The van der Waals surface area contributed by atoms with Crippen LogP contribution in [-0.2, 0) is 11.4 Å². The van der Waals surface area contributed by atoms with Gasteiger partial charge in [-0.15, -0.1) is 0 Å². The third-order valence-corrected chi connectivity index (χ3v) is 5.85. The van der Waals surface area contributed by atoms with E-state index in [1.54, 1.807) is 41.3 Å². The average Bonchev–Trinajstić information content (AvgIpc) is 2.92. The summed E-state index contributed by atoms with van der Waals surface area (Å²) in [6.45, 7) is 2.77. The Kier molecular flexibility index (Phi) is 7.63. The van der Waals surface area contributed by atoms with Gasteiger partial charge in [-0.05, 0) is 53.6 Å². The number of hydrogen-bond acceptors (Lipinski definition) is 5. The monoisotopic (exact) mass is 471 g/mol. The lowest BCUT2D eigenvalue weighted by Crippen LogP contribution is -2.49. The molecule has 0 N–H and O–H groups in total. The van der Waals surface area contributed by atoms with Gasteiger partial charge < -0.3 is 19.3 Å². The van der Waals surface area contributed by atoms with E-state index in [-0.39, 0.29) is 23.9 Å². The lowest BCUT2D eigenvalue weighted by molar-refractivity contribution is -0.126. The van der Waals surface area contributed by atoms with Crippen LogP contribution in [0.1, 0.15) is 11.1 Å². The van der Waals surface area contributed by atoms with Gasteiger partial charge in [-0.25, -0.2) is 4.39 Å². The minimum Gasteiger partial charge on any atom is -0.493 e. The van der Waals surface area contributed by atoms with Crippen molar-refractivity contribution in [2.45, 2.75) is 6.61 Å². The van der Waals surface area contributed by atoms with E-state index in [2.05, 4.69) is 17.0 Å². The zero-order chi connectivity index (χ0) is 24.6. The molecular formula is C28H26FN3O3. The number of anilines is 1. The first-order chi connectivity index (χ1) is 17.1. The number of ether oxygens (including phenoxy) is 2. The van der Waals surface area contributed by atoms with Crippen LogP contribution in [0.25, 0.3) is 6.08 Å². The second kappa shape index (κ2) is 11.2. The number of para-hydroxylation sites is 1. The van der Waals surface area contributed by atoms with Crippen molar-refractivity contribution in [2.75, 3.05) is 38.2 Å². The summed E-state index contributed by atoms with van der Waals surface area (Å²) in [6.07, 6.45) is 1.57. The van der Waals surface area contributed by atoms with Gasteiger partial charge in [0.1, 0.15) is 24.1 Å². The van der Waals surface area contributed by atoms with Crippen LogP contribution in [0.15, 0.2) is 78.4 Å². The zero-order valence-corrected chi connectivity index (χ0v) is 19.5. The Morgan fingerprint density at radius 3 is 2.37 bits per heavy atom. The molecule has 1 heterocycles. The number of nitriles is 1. The van der Waals surface area contributed by atoms with E-state index in [4.69, 9.17) is 9.47 Å². The lowest BCUT2D eigenvalue weighted by Gasteiger charge is -2.36. The highest BCUT2D eigenvalue weighted by Gasteiger charge is 2.24. The predicted molar refractivity (Wildman–Crippen MR) is 133 cm³/mol. The van der Waals surface area contributed by atoms with Crippen LogP contribution < -0.4 is 14.4 Å². The third kappa shape index (κ3) is 5.98. The Morgan fingerprint density at radius 2 is 1.71 bits per heavy atom. The minimum atomic E-state index is -0.302. The van der Waals surface area contributed by atoms with E-state index < -0.39 is 0 Å². The molecule has 1 fully saturated rings. The molecule has 3 aromatic rings. The number of methoxy groups -OCH3 is 1. The van der Waals surface area contributed by atoms with Crippen LogP contribution in [-0.4, -0.2) is 44.1 Å². The number of benzene rings is 3. The normalized spacial score (nSPS) is 13.8. The van der Waals surface area contributed by atoms with Gasteiger partial charge in [-0.2, -0.15) is 5.26 Å². The highest BCUT2D eigenvalue weighted by molar-refractivity contribution is 6.01. The molecule has 0 unspecified atom stereocenters. The van der Waals surface area contributed by atoms with E-state index in [1.807, 2.05) is 24.3 Å². The van der Waals surface area contributed by atoms with Crippen LogP contribution in [0.2, 0.25) is 0 Å². The molecule has 0 saturated carbocycles. The molecule has 0 spiro atoms. The van der Waals surface area contributed by atoms with Gasteiger partial charge in [0.25, 0.3) is 5.91 Å². The van der Waals surface area contributed by atoms with Crippen LogP contribution in [0.3, 0.4) is 0 Å². The van der Waals surface area contributed by atoms with Crippen molar-refractivity contribution in [2.24, 2.45) is 0 Å². The number of amides is 1. The molecule has 0 aromatic heterocycles. The summed E-state index contributed by atoms with van der Waals surface area (Å²) < 4.78 is 24.3. The first-order valence-electron chi connectivity index (χ1n) is 11.3. The smallest absolute Gasteiger partial charge is 0.264 e. The Hall–Kier alpha value is -4.31. The second-order valence-electron chi connectivity index (χ2n) is 8.11. The molecule has 0 aliphatic carbocycles. The van der Waals surface area contributed by atoms with Gasteiger partial charge in [0.2, 0.25) is 0 Å². The average molecular weight is 472 g/mol. The molecule has 0 bridgehead atoms. The Bertz CT molecular complexity index is 1230. The number of piperazine rings is 1. The number of carbonyl (C=O) groups excluding carboxylic acids is 1. The molecule has 0 atom stereocenters. The number of rotatable bonds is 7. The molecule has 1 amide bonds. The fourth-order valence-corrected chi connectivity index (χ4v) is 3.92. The molecule has 3 aromatic carbocycles. The SMILES string of the molecule is COc1cc(/C=C(/C#N)C(=O)N2CCN(c3ccccc3)CC2)ccc1OCc1ccc(F)cc1. The maximum Gasteiger partial charge on any atom is 0.264 e. The van der Waals surface area contributed by atoms with E-state index in [0.717, 1.165) is 11.3 Å². The lowest BCUT2D eigenvalue weighted by atomic mass is 10.1. The molecular weight excluding hydrogens is 445 g/mol. The third-order valence-electron chi connectivity index (χ3n) is 5.85. The van der Waals surface area contributed by atoms with Crippen molar-refractivity contribution in [1.82, 2.24) is 4.90 Å². The number of nitrogens with zero attached hydrogens (tertiary/aromatic N) is 3. The zero-order valence-electron chi connectivity index (χ0n) is 19.5. The van der Waals surface area contributed by atoms with Gasteiger partial charge >= 0.3 is 0 Å². The Balaban J connectivity index is 1.42. The van der Waals surface area contributed by atoms with Crippen molar-refractivity contribution >= 4 is 17.7 Å². The summed E-state index contributed by atoms with van der Waals surface area (Å²) in [4.78, 5) is 17.0. The second-order valence-corrected chi connectivity index (χ2v) is 8.11. The van der Waals surface area contributed by atoms with Crippen molar-refractivity contribution in [3.63, 3.8) is 0 Å². The highest BCUT2D eigenvalue weighted by atomic mass is 19.1. The van der Waals surface area contributed by atoms with Gasteiger partial charge in [0, 0.05) is 31.9 Å². The summed E-state index contributed by atoms with van der Waals surface area (Å²) >= 11 is 0. The van der Waals surface area contributed by atoms with Crippen LogP contribution in [0, 0.1) is 17.1 Å². The molecule has 178 valence electrons. The van der Waals surface area contributed by atoms with Crippen LogP contribution in [0.5, 0.6) is 11.5 Å². The molecule has 1 saturated heterocycles. The number of halogens is 1. The highest BCUT2D eigenvalue weighted by Crippen LogP contribution is 2.30. The summed E-state index contributed by atoms with van der Waals surface area (Å²) in [7, 11) is 1.52. The molecule has 1 aliphatic heterocycles. The van der Waals surface area contributed by atoms with E-state index in [0.29, 0.717) is 43.2 Å². The van der Waals surface area contributed by atoms with Gasteiger partial charge in [-0.1, -0.05) is 36.4 Å². The summed E-state index contributed by atoms with van der Waals surface area (Å²) in [6, 6.07) is 23.4. The summed E-state index contributed by atoms with van der Waals surface area (Å²) in [5.74, 6) is 0.400. The van der Waals surface area contributed by atoms with Crippen LogP contribution in [0.4, 0.5) is 10.1 Å². The molecule has 35 heavy (non-hydrogen) atoms. The van der Waals surface area contributed by atoms with Crippen molar-refractivity contribution in [3.8, 4) is 17.6 Å². The quantitative estimate of drug-likeness (QED) is 0.370. The standard InChI is InChI=1S/C28H26FN3O3/c1-34-27-18-22(9-12-26(27)35-20-21-7-10-24(29)11-8-21)17-23(19-30)28(33)32-15-13-31(14-16-32)25-5-3-2-4-6-25/h2-12,17-18H,13-16,20H2,1H3/b23-17-. The first kappa shape index (κ1) is 23.8. The minimum absolute atomic E-state index is 0.0696. The van der Waals surface area contributed by atoms with Crippen LogP contribution >= 0.6 is 0 Å². The van der Waals surface area contributed by atoms with E-state index >= 15 is 0 Å².